The first kappa shape index (κ1) is 14.6. The van der Waals surface area contributed by atoms with Crippen molar-refractivity contribution >= 4 is 11.6 Å². The van der Waals surface area contributed by atoms with Crippen molar-refractivity contribution in [1.29, 1.82) is 0 Å². The number of aromatic nitrogens is 1. The van der Waals surface area contributed by atoms with E-state index >= 15 is 0 Å². The van der Waals surface area contributed by atoms with Gasteiger partial charge in [-0.15, -0.1) is 0 Å². The second kappa shape index (κ2) is 6.62. The summed E-state index contributed by atoms with van der Waals surface area (Å²) in [6.07, 6.45) is 4.58. The molecule has 1 aliphatic rings. The minimum Gasteiger partial charge on any atom is -0.488 e. The van der Waals surface area contributed by atoms with E-state index in [0.29, 0.717) is 11.4 Å². The molecule has 2 N–H and O–H groups in total. The number of hydrogen-bond acceptors (Lipinski definition) is 5. The fraction of sp³-hybridized carbons (Fsp3) is 0.375. The maximum Gasteiger partial charge on any atom is 0.277 e. The zero-order chi connectivity index (χ0) is 15.4. The Kier molecular flexibility index (Phi) is 4.39. The van der Waals surface area contributed by atoms with Crippen LogP contribution in [-0.2, 0) is 0 Å². The van der Waals surface area contributed by atoms with Crippen molar-refractivity contribution in [3.63, 3.8) is 0 Å². The molecular weight excluding hydrogens is 284 g/mol. The summed E-state index contributed by atoms with van der Waals surface area (Å²) in [5.74, 6) is 0.357. The first-order valence-corrected chi connectivity index (χ1v) is 7.39. The van der Waals surface area contributed by atoms with E-state index in [1.54, 1.807) is 24.3 Å². The molecule has 2 aromatic rings. The van der Waals surface area contributed by atoms with Crippen molar-refractivity contribution in [2.75, 3.05) is 5.32 Å². The number of nitrogens with zero attached hydrogens (tertiary/aromatic N) is 1. The van der Waals surface area contributed by atoms with Gasteiger partial charge in [-0.3, -0.25) is 4.79 Å². The Morgan fingerprint density at radius 3 is 2.68 bits per heavy atom. The van der Waals surface area contributed by atoms with Crippen LogP contribution in [0.25, 0.3) is 0 Å². The third kappa shape index (κ3) is 3.46. The number of anilines is 1. The Labute approximate surface area is 128 Å². The Hall–Kier alpha value is -2.34. The van der Waals surface area contributed by atoms with Crippen LogP contribution in [0.2, 0.25) is 0 Å². The number of ether oxygens (including phenoxy) is 1. The minimum atomic E-state index is -0.403. The number of carbonyl (C=O) groups excluding carboxylic acids is 1. The van der Waals surface area contributed by atoms with Crippen LogP contribution in [0.15, 0.2) is 41.1 Å². The quantitative estimate of drug-likeness (QED) is 0.907. The van der Waals surface area contributed by atoms with E-state index < -0.39 is 6.10 Å². The summed E-state index contributed by atoms with van der Waals surface area (Å²) in [7, 11) is 0. The maximum atomic E-state index is 11.8. The molecule has 2 unspecified atom stereocenters. The molecule has 2 atom stereocenters. The van der Waals surface area contributed by atoms with Crippen LogP contribution >= 0.6 is 0 Å². The number of nitrogens with one attached hydrogen (secondary N) is 1. The lowest BCUT2D eigenvalue weighted by atomic mass is 9.95. The number of aliphatic hydroxyl groups excluding tert-OH is 1. The van der Waals surface area contributed by atoms with Gasteiger partial charge in [0.2, 0.25) is 0 Å². The molecule has 1 aromatic heterocycles. The van der Waals surface area contributed by atoms with Crippen molar-refractivity contribution in [3.05, 3.63) is 42.3 Å². The van der Waals surface area contributed by atoms with E-state index in [0.717, 1.165) is 25.7 Å². The number of rotatable bonds is 4. The number of benzene rings is 1. The third-order valence-corrected chi connectivity index (χ3v) is 3.74. The van der Waals surface area contributed by atoms with Crippen molar-refractivity contribution in [2.45, 2.75) is 37.9 Å². The Morgan fingerprint density at radius 1 is 1.23 bits per heavy atom. The van der Waals surface area contributed by atoms with Crippen molar-refractivity contribution in [3.8, 4) is 5.75 Å². The average Bonchev–Trinajstić information content (AvgIpc) is 3.06. The van der Waals surface area contributed by atoms with Gasteiger partial charge in [0.25, 0.3) is 5.91 Å². The van der Waals surface area contributed by atoms with Crippen molar-refractivity contribution < 1.29 is 19.2 Å². The van der Waals surface area contributed by atoms with Crippen molar-refractivity contribution in [1.82, 2.24) is 5.16 Å². The molecule has 116 valence electrons. The highest BCUT2D eigenvalue weighted by Crippen LogP contribution is 2.25. The summed E-state index contributed by atoms with van der Waals surface area (Å²) >= 11 is 0. The van der Waals surface area contributed by atoms with Crippen LogP contribution in [0.4, 0.5) is 5.69 Å². The van der Waals surface area contributed by atoms with Crippen LogP contribution in [-0.4, -0.2) is 28.4 Å². The molecule has 1 fully saturated rings. The highest BCUT2D eigenvalue weighted by Gasteiger charge is 2.24. The average molecular weight is 302 g/mol. The SMILES string of the molecule is O=C(Nc1ccc(OC2CCCCC2O)cc1)c1ccon1. The van der Waals surface area contributed by atoms with Crippen LogP contribution in [0.1, 0.15) is 36.2 Å². The van der Waals surface area contributed by atoms with Crippen molar-refractivity contribution in [2.24, 2.45) is 0 Å². The Bertz CT molecular complexity index is 610. The van der Waals surface area contributed by atoms with E-state index in [4.69, 9.17) is 4.74 Å². The zero-order valence-electron chi connectivity index (χ0n) is 12.1. The fourth-order valence-electron chi connectivity index (χ4n) is 2.53. The van der Waals surface area contributed by atoms with Gasteiger partial charge in [-0.25, -0.2) is 0 Å². The normalized spacial score (nSPS) is 21.3. The molecule has 1 aliphatic carbocycles. The summed E-state index contributed by atoms with van der Waals surface area (Å²) in [5.41, 5.74) is 0.871. The lowest BCUT2D eigenvalue weighted by molar-refractivity contribution is 0.00688. The summed E-state index contributed by atoms with van der Waals surface area (Å²) in [6, 6.07) is 8.56. The molecule has 6 heteroatoms. The predicted octanol–water partition coefficient (Wildman–Crippen LogP) is 2.61. The number of amides is 1. The highest BCUT2D eigenvalue weighted by atomic mass is 16.5. The molecule has 1 amide bonds. The molecule has 1 saturated carbocycles. The van der Waals surface area contributed by atoms with Gasteiger partial charge in [-0.2, -0.15) is 0 Å². The Balaban J connectivity index is 1.59. The number of aliphatic hydroxyl groups is 1. The lowest BCUT2D eigenvalue weighted by Crippen LogP contribution is -2.34. The van der Waals surface area contributed by atoms with Gasteiger partial charge in [-0.05, 0) is 43.5 Å². The summed E-state index contributed by atoms with van der Waals surface area (Å²) in [5, 5.41) is 16.2. The summed E-state index contributed by atoms with van der Waals surface area (Å²) < 4.78 is 10.4. The monoisotopic (exact) mass is 302 g/mol. The van der Waals surface area contributed by atoms with Gasteiger partial charge in [0.15, 0.2) is 5.69 Å². The van der Waals surface area contributed by atoms with Crippen LogP contribution in [0, 0.1) is 0 Å². The first-order chi connectivity index (χ1) is 10.7. The molecule has 22 heavy (non-hydrogen) atoms. The second-order valence-corrected chi connectivity index (χ2v) is 5.37. The second-order valence-electron chi connectivity index (χ2n) is 5.37. The largest absolute Gasteiger partial charge is 0.488 e. The van der Waals surface area contributed by atoms with Gasteiger partial charge in [-0.1, -0.05) is 11.6 Å². The number of carbonyl (C=O) groups is 1. The smallest absolute Gasteiger partial charge is 0.277 e. The Morgan fingerprint density at radius 2 is 2.00 bits per heavy atom. The molecule has 0 aliphatic heterocycles. The van der Waals surface area contributed by atoms with Crippen LogP contribution in [0.5, 0.6) is 5.75 Å². The molecule has 6 nitrogen and oxygen atoms in total. The first-order valence-electron chi connectivity index (χ1n) is 7.39. The highest BCUT2D eigenvalue weighted by molar-refractivity contribution is 6.02. The van der Waals surface area contributed by atoms with Gasteiger partial charge < -0.3 is 19.7 Å². The minimum absolute atomic E-state index is 0.149. The predicted molar refractivity (Wildman–Crippen MR) is 79.8 cm³/mol. The summed E-state index contributed by atoms with van der Waals surface area (Å²) in [4.78, 5) is 11.8. The zero-order valence-corrected chi connectivity index (χ0v) is 12.1. The molecule has 1 aromatic carbocycles. The molecule has 1 heterocycles. The van der Waals surface area contributed by atoms with Crippen LogP contribution < -0.4 is 10.1 Å². The maximum absolute atomic E-state index is 11.8. The standard InChI is InChI=1S/C16H18N2O4/c19-14-3-1-2-4-15(14)22-12-7-5-11(6-8-12)17-16(20)13-9-10-21-18-13/h5-10,14-15,19H,1-4H2,(H,17,20). The lowest BCUT2D eigenvalue weighted by Gasteiger charge is -2.28. The van der Waals surface area contributed by atoms with Gasteiger partial charge in [0.05, 0.1) is 6.10 Å². The van der Waals surface area contributed by atoms with E-state index in [-0.39, 0.29) is 17.7 Å². The van der Waals surface area contributed by atoms with E-state index in [1.165, 1.54) is 12.3 Å². The molecule has 3 rings (SSSR count). The molecule has 0 saturated heterocycles. The van der Waals surface area contributed by atoms with E-state index in [9.17, 15) is 9.90 Å². The van der Waals surface area contributed by atoms with Crippen LogP contribution in [0.3, 0.4) is 0 Å². The molecular formula is C16H18N2O4. The van der Waals surface area contributed by atoms with E-state index in [1.807, 2.05) is 0 Å². The third-order valence-electron chi connectivity index (χ3n) is 3.74. The summed E-state index contributed by atoms with van der Waals surface area (Å²) in [6.45, 7) is 0. The fourth-order valence-corrected chi connectivity index (χ4v) is 2.53. The molecule has 0 bridgehead atoms. The van der Waals surface area contributed by atoms with Gasteiger partial charge in [0, 0.05) is 11.8 Å². The topological polar surface area (TPSA) is 84.6 Å². The molecule has 0 radical (unpaired) electrons. The van der Waals surface area contributed by atoms with E-state index in [2.05, 4.69) is 15.0 Å². The number of hydrogen-bond donors (Lipinski definition) is 2. The molecule has 0 spiro atoms. The van der Waals surface area contributed by atoms with Gasteiger partial charge in [0.1, 0.15) is 18.1 Å². The van der Waals surface area contributed by atoms with Gasteiger partial charge >= 0.3 is 0 Å².